The van der Waals surface area contributed by atoms with Crippen LogP contribution in [0, 0.1) is 0 Å². The largest absolute Gasteiger partial charge is 0.450 e. The predicted octanol–water partition coefficient (Wildman–Crippen LogP) is 2.02. The summed E-state index contributed by atoms with van der Waals surface area (Å²) in [4.78, 5) is 11.0. The van der Waals surface area contributed by atoms with Crippen molar-refractivity contribution in [1.82, 2.24) is 5.32 Å². The third kappa shape index (κ3) is 7.86. The summed E-state index contributed by atoms with van der Waals surface area (Å²) in [6.07, 6.45) is 3.04. The molecule has 0 heterocycles. The zero-order chi connectivity index (χ0) is 10.8. The third-order valence-corrected chi connectivity index (χ3v) is 1.85. The normalized spacial score (nSPS) is 12.2. The Morgan fingerprint density at radius 1 is 1.36 bits per heavy atom. The van der Waals surface area contributed by atoms with Crippen molar-refractivity contribution < 1.29 is 14.6 Å². The van der Waals surface area contributed by atoms with Crippen molar-refractivity contribution in [2.45, 2.75) is 52.2 Å². The average Bonchev–Trinajstić information content (AvgIpc) is 2.15. The quantitative estimate of drug-likeness (QED) is 0.491. The number of amides is 1. The minimum Gasteiger partial charge on any atom is -0.450 e. The highest BCUT2D eigenvalue weighted by molar-refractivity contribution is 5.67. The summed E-state index contributed by atoms with van der Waals surface area (Å²) < 4.78 is 4.82. The molecule has 0 aromatic rings. The monoisotopic (exact) mass is 203 g/mol. The molecule has 14 heavy (non-hydrogen) atoms. The van der Waals surface area contributed by atoms with Crippen molar-refractivity contribution >= 4 is 6.09 Å². The van der Waals surface area contributed by atoms with Crippen molar-refractivity contribution in [2.75, 3.05) is 6.61 Å². The van der Waals surface area contributed by atoms with Gasteiger partial charge in [-0.05, 0) is 19.3 Å². The average molecular weight is 203 g/mol. The van der Waals surface area contributed by atoms with Crippen LogP contribution < -0.4 is 5.32 Å². The summed E-state index contributed by atoms with van der Waals surface area (Å²) in [5, 5.41) is 11.7. The van der Waals surface area contributed by atoms with Gasteiger partial charge in [0.15, 0.2) is 0 Å². The fraction of sp³-hybridized carbons (Fsp3) is 0.900. The Hall–Kier alpha value is -0.770. The molecule has 1 atom stereocenters. The molecular weight excluding hydrogens is 182 g/mol. The lowest BCUT2D eigenvalue weighted by molar-refractivity contribution is 0.0922. The Balaban J connectivity index is 3.40. The molecule has 4 heteroatoms. The smallest absolute Gasteiger partial charge is 0.409 e. The molecule has 0 radical (unpaired) electrons. The molecule has 0 fully saturated rings. The summed E-state index contributed by atoms with van der Waals surface area (Å²) in [5.41, 5.74) is 0. The second kappa shape index (κ2) is 8.81. The van der Waals surface area contributed by atoms with Crippen LogP contribution in [-0.4, -0.2) is 24.0 Å². The zero-order valence-corrected chi connectivity index (χ0v) is 9.08. The molecule has 84 valence electrons. The van der Waals surface area contributed by atoms with Gasteiger partial charge in [-0.15, -0.1) is 0 Å². The molecule has 0 saturated heterocycles. The standard InChI is InChI=1S/C10H21NO3/c1-3-5-7-9(12)11-10(13)14-8-6-4-2/h9,12H,3-8H2,1-2H3,(H,11,13). The first kappa shape index (κ1) is 13.2. The van der Waals surface area contributed by atoms with Crippen LogP contribution in [0.25, 0.3) is 0 Å². The molecule has 0 aliphatic heterocycles. The van der Waals surface area contributed by atoms with Gasteiger partial charge < -0.3 is 9.84 Å². The summed E-state index contributed by atoms with van der Waals surface area (Å²) in [6, 6.07) is 0. The molecular formula is C10H21NO3. The van der Waals surface area contributed by atoms with Crippen LogP contribution in [-0.2, 0) is 4.74 Å². The fourth-order valence-corrected chi connectivity index (χ4v) is 0.957. The molecule has 0 aliphatic carbocycles. The van der Waals surface area contributed by atoms with Crippen LogP contribution in [0.1, 0.15) is 46.0 Å². The van der Waals surface area contributed by atoms with Gasteiger partial charge in [-0.1, -0.05) is 26.7 Å². The van der Waals surface area contributed by atoms with E-state index in [2.05, 4.69) is 5.32 Å². The second-order valence-electron chi connectivity index (χ2n) is 3.29. The van der Waals surface area contributed by atoms with E-state index in [1.54, 1.807) is 0 Å². The maximum Gasteiger partial charge on any atom is 0.409 e. The van der Waals surface area contributed by atoms with Gasteiger partial charge >= 0.3 is 6.09 Å². The third-order valence-electron chi connectivity index (χ3n) is 1.85. The maximum absolute atomic E-state index is 11.0. The highest BCUT2D eigenvalue weighted by Gasteiger charge is 2.08. The topological polar surface area (TPSA) is 58.6 Å². The molecule has 0 rings (SSSR count). The van der Waals surface area contributed by atoms with E-state index in [1.807, 2.05) is 13.8 Å². The lowest BCUT2D eigenvalue weighted by Gasteiger charge is -2.12. The van der Waals surface area contributed by atoms with Gasteiger partial charge in [-0.2, -0.15) is 0 Å². The number of rotatable bonds is 7. The van der Waals surface area contributed by atoms with Gasteiger partial charge in [-0.25, -0.2) is 4.79 Å². The molecule has 0 aliphatic rings. The summed E-state index contributed by atoms with van der Waals surface area (Å²) in [7, 11) is 0. The van der Waals surface area contributed by atoms with Crippen LogP contribution in [0.5, 0.6) is 0 Å². The Morgan fingerprint density at radius 2 is 2.00 bits per heavy atom. The zero-order valence-electron chi connectivity index (χ0n) is 9.08. The van der Waals surface area contributed by atoms with E-state index in [1.165, 1.54) is 0 Å². The minimum absolute atomic E-state index is 0.419. The first-order chi connectivity index (χ1) is 6.70. The van der Waals surface area contributed by atoms with Gasteiger partial charge in [0.25, 0.3) is 0 Å². The fourth-order valence-electron chi connectivity index (χ4n) is 0.957. The number of hydrogen-bond acceptors (Lipinski definition) is 3. The number of carbonyl (C=O) groups is 1. The van der Waals surface area contributed by atoms with E-state index in [-0.39, 0.29) is 0 Å². The number of nitrogens with one attached hydrogen (secondary N) is 1. The van der Waals surface area contributed by atoms with Crippen molar-refractivity contribution in [3.05, 3.63) is 0 Å². The van der Waals surface area contributed by atoms with Crippen molar-refractivity contribution in [1.29, 1.82) is 0 Å². The van der Waals surface area contributed by atoms with E-state index in [0.717, 1.165) is 25.7 Å². The Kier molecular flexibility index (Phi) is 8.33. The van der Waals surface area contributed by atoms with Crippen LogP contribution >= 0.6 is 0 Å². The van der Waals surface area contributed by atoms with Crippen LogP contribution in [0.3, 0.4) is 0 Å². The number of alkyl carbamates (subject to hydrolysis) is 1. The molecule has 0 aromatic heterocycles. The SMILES string of the molecule is CCCCOC(=O)NC(O)CCCC. The van der Waals surface area contributed by atoms with Crippen LogP contribution in [0.15, 0.2) is 0 Å². The number of unbranched alkanes of at least 4 members (excludes halogenated alkanes) is 2. The molecule has 1 amide bonds. The van der Waals surface area contributed by atoms with Gasteiger partial charge in [0.05, 0.1) is 6.61 Å². The summed E-state index contributed by atoms with van der Waals surface area (Å²) in [6.45, 7) is 4.48. The van der Waals surface area contributed by atoms with E-state index >= 15 is 0 Å². The maximum atomic E-state index is 11.0. The van der Waals surface area contributed by atoms with Gasteiger partial charge in [0.1, 0.15) is 6.23 Å². The second-order valence-corrected chi connectivity index (χ2v) is 3.29. The highest BCUT2D eigenvalue weighted by Crippen LogP contribution is 1.98. The van der Waals surface area contributed by atoms with E-state index < -0.39 is 12.3 Å². The number of aliphatic hydroxyl groups excluding tert-OH is 1. The molecule has 0 spiro atoms. The molecule has 2 N–H and O–H groups in total. The Bertz CT molecular complexity index is 150. The lowest BCUT2D eigenvalue weighted by atomic mass is 10.2. The number of hydrogen-bond donors (Lipinski definition) is 2. The first-order valence-electron chi connectivity index (χ1n) is 5.32. The van der Waals surface area contributed by atoms with E-state index in [9.17, 15) is 9.90 Å². The summed E-state index contributed by atoms with van der Waals surface area (Å²) >= 11 is 0. The van der Waals surface area contributed by atoms with Crippen molar-refractivity contribution in [3.63, 3.8) is 0 Å². The Morgan fingerprint density at radius 3 is 2.57 bits per heavy atom. The van der Waals surface area contributed by atoms with Crippen molar-refractivity contribution in [2.24, 2.45) is 0 Å². The Labute approximate surface area is 85.6 Å². The molecule has 0 saturated carbocycles. The number of carbonyl (C=O) groups excluding carboxylic acids is 1. The minimum atomic E-state index is -0.774. The predicted molar refractivity (Wildman–Crippen MR) is 54.9 cm³/mol. The molecule has 0 aromatic carbocycles. The van der Waals surface area contributed by atoms with Crippen LogP contribution in [0.2, 0.25) is 0 Å². The number of ether oxygens (including phenoxy) is 1. The molecule has 1 unspecified atom stereocenters. The summed E-state index contributed by atoms with van der Waals surface area (Å²) in [5.74, 6) is 0. The molecule has 4 nitrogen and oxygen atoms in total. The van der Waals surface area contributed by atoms with Gasteiger partial charge in [0, 0.05) is 0 Å². The molecule has 0 bridgehead atoms. The first-order valence-corrected chi connectivity index (χ1v) is 5.32. The highest BCUT2D eigenvalue weighted by atomic mass is 16.5. The van der Waals surface area contributed by atoms with E-state index in [0.29, 0.717) is 13.0 Å². The number of aliphatic hydroxyl groups is 1. The van der Waals surface area contributed by atoms with Gasteiger partial charge in [0.2, 0.25) is 0 Å². The van der Waals surface area contributed by atoms with Gasteiger partial charge in [-0.3, -0.25) is 5.32 Å². The lowest BCUT2D eigenvalue weighted by Crippen LogP contribution is -2.35. The van der Waals surface area contributed by atoms with Crippen LogP contribution in [0.4, 0.5) is 4.79 Å². The van der Waals surface area contributed by atoms with E-state index in [4.69, 9.17) is 4.74 Å². The van der Waals surface area contributed by atoms with Crippen molar-refractivity contribution in [3.8, 4) is 0 Å².